The number of nitrogens with two attached hydrogens (primary N) is 2. The first-order valence-electron chi connectivity index (χ1n) is 37.2. The van der Waals surface area contributed by atoms with Gasteiger partial charge >= 0.3 is 28.4 Å². The number of nitrogens with one attached hydrogen (secondary N) is 5. The van der Waals surface area contributed by atoms with Crippen molar-refractivity contribution in [2.45, 2.75) is 197 Å². The normalized spacial score (nSPS) is 29.5. The summed E-state index contributed by atoms with van der Waals surface area (Å²) in [7, 11) is 1.03. The summed E-state index contributed by atoms with van der Waals surface area (Å²) in [6, 6.07) is 0. The topological polar surface area (TPSA) is 668 Å². The fraction of sp³-hybridized carbons (Fsp3) is 0.597. The van der Waals surface area contributed by atoms with E-state index in [1.165, 1.54) is 44.7 Å². The molecule has 0 bridgehead atoms. The zero-order valence-corrected chi connectivity index (χ0v) is 75.8. The van der Waals surface area contributed by atoms with Gasteiger partial charge in [-0.25, -0.2) is 29.0 Å². The third-order valence-electron chi connectivity index (χ3n) is 20.3. The standard InChI is InChI=1S/C62H84N16O34P6S6/c1-8-31-32(9-43(101-31)74-16-27(3)52(79)69-59(74)85)108-114(90,120)96-21-39-34(11-45(103-39)75-17-28(4)53(80)70-60(75)86)110-116(92,122)98-22-40-36(13-47(104-40)77-19-30(6)55(82)72-62(77)88)111-117(93,123)100-24-42-37(14-48(106-42)78-25-65-49-51(78)67-57(64)68-56(49)83)112-118(94,124)99-23-41-35(12-46(105-41)76-18-29(5)54(81)71-61(76)87)109-115(91,121)97-20-38-33(107-113(89,119)95-7)10-44(102-38)73-15-26(2)50(63)66-58(73)84/h15-19,25,31-48H,8-14,20-24H2,1-7H3,(H,89,119)(H,90,120)(H,91,121)(H,92,122)(H,93,123)(H,94,124)(H2,63,66,84)(H,69,79,85)(H,70,80,86)(H,71,81,87)(H,72,82,88)(H3,64,67,68,83)/p-6/t31-,32?,33?,34?,35?,36?,37?,38-,39-,40-,41-,42-,43-,44-,45-,46-,47-,48-,113?,114?,115?,116?,117?,118?/m1/s1. The van der Waals surface area contributed by atoms with Crippen LogP contribution in [0.15, 0.2) is 85.3 Å². The molecule has 0 spiro atoms. The van der Waals surface area contributed by atoms with Gasteiger partial charge < -0.3 is 131 Å². The van der Waals surface area contributed by atoms with E-state index in [0.29, 0.717) is 5.56 Å². The average molecular weight is 1970 g/mol. The molecule has 50 nitrogen and oxygen atoms in total. The fourth-order valence-electron chi connectivity index (χ4n) is 14.2. The Morgan fingerprint density at radius 1 is 0.419 bits per heavy atom. The molecule has 62 heteroatoms. The number of fused-ring (bicyclic) bond motifs is 1. The Bertz CT molecular complexity index is 6190. The molecule has 24 atom stereocenters. The van der Waals surface area contributed by atoms with Gasteiger partial charge in [0.2, 0.25) is 5.95 Å². The molecule has 7 aromatic rings. The van der Waals surface area contributed by atoms with Crippen LogP contribution in [0.5, 0.6) is 0 Å². The molecule has 12 unspecified atom stereocenters. The van der Waals surface area contributed by atoms with Crippen LogP contribution in [0, 0.1) is 34.6 Å². The van der Waals surface area contributed by atoms with Crippen molar-refractivity contribution < 1.29 is 112 Å². The first-order chi connectivity index (χ1) is 58.1. The van der Waals surface area contributed by atoms with Gasteiger partial charge in [0.1, 0.15) is 107 Å². The highest BCUT2D eigenvalue weighted by Gasteiger charge is 2.48. The fourth-order valence-corrected chi connectivity index (χ4v) is 22.4. The van der Waals surface area contributed by atoms with Gasteiger partial charge in [-0.2, -0.15) is 9.97 Å². The molecule has 7 aromatic heterocycles. The molecular formula is C62H78N16O34P6S6-6. The molecule has 6 aliphatic rings. The molecule has 6 fully saturated rings. The Hall–Kier alpha value is -5.54. The van der Waals surface area contributed by atoms with Gasteiger partial charge in [0, 0.05) is 104 Å². The molecule has 0 saturated carbocycles. The number of imidazole rings is 1. The number of hydrogen-bond donors (Lipinski definition) is 7. The Kier molecular flexibility index (Phi) is 29.8. The van der Waals surface area contributed by atoms with Crippen LogP contribution in [0.1, 0.15) is 117 Å². The smallest absolute Gasteiger partial charge is 0.351 e. The van der Waals surface area contributed by atoms with Crippen LogP contribution in [-0.4, -0.2) is 181 Å². The number of hydrogen-bond acceptors (Lipinski definition) is 45. The maximum atomic E-state index is 14.8. The van der Waals surface area contributed by atoms with Crippen LogP contribution in [0.25, 0.3) is 11.2 Å². The van der Waals surface area contributed by atoms with E-state index in [-0.39, 0.29) is 64.4 Å². The highest BCUT2D eigenvalue weighted by atomic mass is 32.7. The summed E-state index contributed by atoms with van der Waals surface area (Å²) in [4.78, 5) is 223. The zero-order valence-electron chi connectivity index (χ0n) is 65.5. The van der Waals surface area contributed by atoms with Crippen LogP contribution in [-0.2, 0) is 159 Å². The Morgan fingerprint density at radius 2 is 0.710 bits per heavy atom. The molecule has 124 heavy (non-hydrogen) atoms. The minimum Gasteiger partial charge on any atom is -0.780 e. The maximum absolute atomic E-state index is 14.8. The molecule has 0 aliphatic carbocycles. The number of nitrogen functional groups attached to an aromatic ring is 2. The highest BCUT2D eigenvalue weighted by Crippen LogP contribution is 2.56. The molecule has 6 aliphatic heterocycles. The predicted molar refractivity (Wildman–Crippen MR) is 438 cm³/mol. The van der Waals surface area contributed by atoms with Gasteiger partial charge in [-0.15, -0.1) is 0 Å². The summed E-state index contributed by atoms with van der Waals surface area (Å²) in [5.74, 6) is -0.426. The van der Waals surface area contributed by atoms with Crippen molar-refractivity contribution in [3.05, 3.63) is 169 Å². The largest absolute Gasteiger partial charge is 0.780 e. The van der Waals surface area contributed by atoms with E-state index in [2.05, 4.69) is 39.9 Å². The Morgan fingerprint density at radius 3 is 1.05 bits per heavy atom. The van der Waals surface area contributed by atoms with Gasteiger partial charge in [-0.1, -0.05) is 66.0 Å². The van der Waals surface area contributed by atoms with Crippen LogP contribution in [0.3, 0.4) is 0 Å². The second-order valence-electron chi connectivity index (χ2n) is 29.0. The molecular weight excluding hydrogens is 1890 g/mol. The second kappa shape index (κ2) is 38.5. The number of aromatic amines is 5. The minimum atomic E-state index is -5.03. The third-order valence-corrected chi connectivity index (χ3v) is 29.9. The van der Waals surface area contributed by atoms with Gasteiger partial charge in [-0.05, 0) is 41.0 Å². The Labute approximate surface area is 727 Å². The molecule has 0 aromatic carbocycles. The summed E-state index contributed by atoms with van der Waals surface area (Å²) in [5, 5.41) is 0. The second-order valence-corrected chi connectivity index (χ2v) is 45.3. The summed E-state index contributed by atoms with van der Waals surface area (Å²) < 4.78 is 127. The van der Waals surface area contributed by atoms with E-state index in [1.54, 1.807) is 13.8 Å². The molecule has 0 radical (unpaired) electrons. The molecule has 682 valence electrons. The van der Waals surface area contributed by atoms with Gasteiger partial charge in [0.15, 0.2) is 18.0 Å². The molecule has 6 saturated heterocycles. The van der Waals surface area contributed by atoms with Crippen molar-refractivity contribution >= 4 is 135 Å². The van der Waals surface area contributed by atoms with Crippen molar-refractivity contribution in [2.75, 3.05) is 51.6 Å². The maximum Gasteiger partial charge on any atom is 0.351 e. The van der Waals surface area contributed by atoms with Crippen molar-refractivity contribution in [3.8, 4) is 0 Å². The molecule has 13 rings (SSSR count). The van der Waals surface area contributed by atoms with Crippen LogP contribution >= 0.6 is 40.4 Å². The lowest BCUT2D eigenvalue weighted by molar-refractivity contribution is -0.221. The SMILES string of the molecule is CC[C@H]1O[C@@H](n2cc(C)c(=O)[nH]c2=O)CC1OP([O-])(=S)OC[C@H]1O[C@@H](n2cc(C)c(=O)[nH]c2=O)CC1OP(=O)([S-])OC[C@H]1O[C@@H](n2cc(C)c(=O)[nH]c2=O)CC1OP([O-])(=S)OC[C@H]1O[C@@H](n2cnc3c(=O)[nH]c(N)nc32)CC1OP([O-])(=S)OC[C@H]1O[C@@H](n2cc(C)c(=O)[nH]c2=O)CC1OP([O-])(=S)OC[C@H]1O[C@@H](n2cc(C)c(N)nc2=O)CC1OP([O-])(=S)OC. The average Bonchev–Trinajstić information content (AvgIpc) is 1.63. The van der Waals surface area contributed by atoms with E-state index >= 15 is 0 Å². The lowest BCUT2D eigenvalue weighted by Gasteiger charge is -2.36. The van der Waals surface area contributed by atoms with Crippen LogP contribution in [0.2, 0.25) is 0 Å². The highest BCUT2D eigenvalue weighted by molar-refractivity contribution is 8.32. The van der Waals surface area contributed by atoms with Crippen molar-refractivity contribution in [3.63, 3.8) is 0 Å². The summed E-state index contributed by atoms with van der Waals surface area (Å²) in [6.45, 7) is -24.1. The summed E-state index contributed by atoms with van der Waals surface area (Å²) in [6.07, 6.45) is -19.2. The number of nitrogens with zero attached hydrogens (tertiary/aromatic N) is 9. The quantitative estimate of drug-likeness (QED) is 0.0154. The number of H-pyrrole nitrogens is 5. The number of ether oxygens (including phenoxy) is 6. The van der Waals surface area contributed by atoms with E-state index < -0.39 is 266 Å². The first-order valence-corrected chi connectivity index (χ1v) is 52.5. The number of aryl methyl sites for hydroxylation is 5. The monoisotopic (exact) mass is 1970 g/mol. The number of anilines is 2. The first kappa shape index (κ1) is 96.0. The van der Waals surface area contributed by atoms with Crippen molar-refractivity contribution in [2.24, 2.45) is 0 Å². The van der Waals surface area contributed by atoms with E-state index in [1.807, 2.05) is 0 Å². The lowest BCUT2D eigenvalue weighted by Crippen LogP contribution is -2.34. The molecule has 13 heterocycles. The number of aromatic nitrogens is 14. The van der Waals surface area contributed by atoms with E-state index in [0.717, 1.165) is 54.9 Å². The molecule has 0 amide bonds. The van der Waals surface area contributed by atoms with Crippen molar-refractivity contribution in [1.29, 1.82) is 0 Å². The third kappa shape index (κ3) is 22.9. The predicted octanol–water partition coefficient (Wildman–Crippen LogP) is -2.96. The Balaban J connectivity index is 0.712. The van der Waals surface area contributed by atoms with Gasteiger partial charge in [0.05, 0.1) is 82.1 Å². The van der Waals surface area contributed by atoms with Gasteiger partial charge in [0.25, 0.3) is 27.8 Å². The molecule has 9 N–H and O–H groups in total. The van der Waals surface area contributed by atoms with Crippen LogP contribution in [0.4, 0.5) is 11.8 Å². The van der Waals surface area contributed by atoms with E-state index in [9.17, 15) is 77.0 Å². The van der Waals surface area contributed by atoms with Crippen LogP contribution < -0.4 is 92.2 Å². The minimum absolute atomic E-state index is 0.0124. The van der Waals surface area contributed by atoms with Gasteiger partial charge in [-0.3, -0.25) is 80.9 Å². The zero-order chi connectivity index (χ0) is 89.9. The summed E-state index contributed by atoms with van der Waals surface area (Å²) >= 11 is 32.1. The van der Waals surface area contributed by atoms with E-state index in [4.69, 9.17) is 165 Å². The van der Waals surface area contributed by atoms with Crippen molar-refractivity contribution in [1.82, 2.24) is 67.3 Å². The lowest BCUT2D eigenvalue weighted by atomic mass is 10.1. The summed E-state index contributed by atoms with van der Waals surface area (Å²) in [5.41, 5.74) is 3.84. The number of rotatable bonds is 35.